The van der Waals surface area contributed by atoms with Crippen LogP contribution >= 0.6 is 22.9 Å². The van der Waals surface area contributed by atoms with Crippen LogP contribution in [0.2, 0.25) is 5.02 Å². The molecule has 1 N–H and O–H groups in total. The van der Waals surface area contributed by atoms with Crippen molar-refractivity contribution < 1.29 is 14.3 Å². The van der Waals surface area contributed by atoms with E-state index in [4.69, 9.17) is 21.1 Å². The molecule has 0 unspecified atom stereocenters. The van der Waals surface area contributed by atoms with Crippen LogP contribution in [0.1, 0.15) is 33.4 Å². The summed E-state index contributed by atoms with van der Waals surface area (Å²) in [5, 5.41) is 5.50. The molecule has 0 aliphatic rings. The van der Waals surface area contributed by atoms with Gasteiger partial charge in [0.1, 0.15) is 0 Å². The number of aryl methyl sites for hydroxylation is 2. The molecule has 2 aromatic carbocycles. The van der Waals surface area contributed by atoms with Crippen molar-refractivity contribution in [2.75, 3.05) is 12.0 Å². The minimum Gasteiger partial charge on any atom is -0.490 e. The Morgan fingerprint density at radius 1 is 1.21 bits per heavy atom. The van der Waals surface area contributed by atoms with E-state index in [2.05, 4.69) is 15.5 Å². The maximum atomic E-state index is 12.4. The van der Waals surface area contributed by atoms with Gasteiger partial charge in [-0.15, -0.1) is 11.3 Å². The number of carbonyl (C=O) groups is 1. The summed E-state index contributed by atoms with van der Waals surface area (Å²) in [6.07, 6.45) is 1.65. The number of hydrogen-bond acceptors (Lipinski definition) is 7. The first-order chi connectivity index (χ1) is 14.0. The number of nitrogens with zero attached hydrogens (tertiary/aromatic N) is 2. The molecule has 1 aromatic heterocycles. The molecule has 0 spiro atoms. The van der Waals surface area contributed by atoms with Crippen LogP contribution in [0, 0.1) is 13.8 Å². The smallest absolute Gasteiger partial charge is 0.343 e. The lowest BCUT2D eigenvalue weighted by Gasteiger charge is -2.11. The average Bonchev–Trinajstić information content (AvgIpc) is 3.02. The number of benzene rings is 2. The summed E-state index contributed by atoms with van der Waals surface area (Å²) in [5.41, 5.74) is 5.10. The topological polar surface area (TPSA) is 72.8 Å². The third-order valence-electron chi connectivity index (χ3n) is 3.95. The number of thiazole rings is 1. The van der Waals surface area contributed by atoms with Crippen LogP contribution in [0.4, 0.5) is 5.13 Å². The minimum absolute atomic E-state index is 0.336. The second-order valence-corrected chi connectivity index (χ2v) is 7.71. The molecule has 6 nitrogen and oxygen atoms in total. The molecule has 0 atom stereocenters. The SMILES string of the molecule is CCOc1cc(/C=N\Nc2nc(C)c(C)s2)ccc1OC(=O)c1ccc(Cl)cc1. The van der Waals surface area contributed by atoms with Gasteiger partial charge >= 0.3 is 5.97 Å². The number of ether oxygens (including phenoxy) is 2. The van der Waals surface area contributed by atoms with E-state index in [1.54, 1.807) is 60.0 Å². The predicted octanol–water partition coefficient (Wildman–Crippen LogP) is 5.48. The Kier molecular flexibility index (Phi) is 6.85. The molecule has 29 heavy (non-hydrogen) atoms. The number of carbonyl (C=O) groups excluding carboxylic acids is 1. The van der Waals surface area contributed by atoms with Crippen molar-refractivity contribution in [3.8, 4) is 11.5 Å². The van der Waals surface area contributed by atoms with E-state index in [1.165, 1.54) is 0 Å². The van der Waals surface area contributed by atoms with Gasteiger partial charge in [-0.1, -0.05) is 11.6 Å². The van der Waals surface area contributed by atoms with E-state index >= 15 is 0 Å². The first-order valence-electron chi connectivity index (χ1n) is 8.94. The molecule has 0 saturated heterocycles. The molecule has 0 aliphatic heterocycles. The Morgan fingerprint density at radius 2 is 1.97 bits per heavy atom. The lowest BCUT2D eigenvalue weighted by Crippen LogP contribution is -2.09. The van der Waals surface area contributed by atoms with E-state index in [-0.39, 0.29) is 0 Å². The highest BCUT2D eigenvalue weighted by molar-refractivity contribution is 7.15. The lowest BCUT2D eigenvalue weighted by atomic mass is 10.2. The highest BCUT2D eigenvalue weighted by atomic mass is 35.5. The number of hydrazone groups is 1. The summed E-state index contributed by atoms with van der Waals surface area (Å²) < 4.78 is 11.1. The van der Waals surface area contributed by atoms with Gasteiger partial charge in [0.05, 0.1) is 24.1 Å². The van der Waals surface area contributed by atoms with Crippen molar-refractivity contribution in [2.24, 2.45) is 5.10 Å². The summed E-state index contributed by atoms with van der Waals surface area (Å²) in [5.74, 6) is 0.308. The standard InChI is InChI=1S/C21H20ClN3O3S/c1-4-27-19-11-15(12-23-25-21-24-13(2)14(3)29-21)5-10-18(19)28-20(26)16-6-8-17(22)9-7-16/h5-12H,4H2,1-3H3,(H,24,25)/b23-12-. The lowest BCUT2D eigenvalue weighted by molar-refractivity contribution is 0.0728. The van der Waals surface area contributed by atoms with Crippen LogP contribution in [-0.2, 0) is 0 Å². The number of halogens is 1. The van der Waals surface area contributed by atoms with Crippen LogP contribution < -0.4 is 14.9 Å². The molecule has 150 valence electrons. The van der Waals surface area contributed by atoms with Gasteiger partial charge in [-0.2, -0.15) is 5.10 Å². The number of rotatable bonds is 7. The Morgan fingerprint density at radius 3 is 2.62 bits per heavy atom. The van der Waals surface area contributed by atoms with Crippen molar-refractivity contribution in [3.63, 3.8) is 0 Å². The molecule has 0 aliphatic carbocycles. The van der Waals surface area contributed by atoms with Crippen LogP contribution in [0.15, 0.2) is 47.6 Å². The molecule has 0 radical (unpaired) electrons. The summed E-state index contributed by atoms with van der Waals surface area (Å²) in [6, 6.07) is 11.7. The van der Waals surface area contributed by atoms with Gasteiger partial charge in [0.25, 0.3) is 0 Å². The molecule has 8 heteroatoms. The fourth-order valence-electron chi connectivity index (χ4n) is 2.38. The van der Waals surface area contributed by atoms with Gasteiger partial charge in [0, 0.05) is 9.90 Å². The molecule has 1 heterocycles. The van der Waals surface area contributed by atoms with Gasteiger partial charge in [-0.25, -0.2) is 9.78 Å². The zero-order valence-electron chi connectivity index (χ0n) is 16.2. The van der Waals surface area contributed by atoms with Crippen LogP contribution in [0.5, 0.6) is 11.5 Å². The first-order valence-corrected chi connectivity index (χ1v) is 10.1. The van der Waals surface area contributed by atoms with Crippen LogP contribution in [0.3, 0.4) is 0 Å². The molecule has 3 aromatic rings. The number of hydrogen-bond donors (Lipinski definition) is 1. The Balaban J connectivity index is 1.72. The van der Waals surface area contributed by atoms with Gasteiger partial charge in [0.15, 0.2) is 11.5 Å². The zero-order chi connectivity index (χ0) is 20.8. The maximum absolute atomic E-state index is 12.4. The maximum Gasteiger partial charge on any atom is 0.343 e. The van der Waals surface area contributed by atoms with Crippen molar-refractivity contribution in [1.29, 1.82) is 0 Å². The van der Waals surface area contributed by atoms with E-state index in [0.29, 0.717) is 28.7 Å². The van der Waals surface area contributed by atoms with Gasteiger partial charge in [-0.05, 0) is 68.8 Å². The first kappa shape index (κ1) is 20.8. The van der Waals surface area contributed by atoms with Crippen molar-refractivity contribution in [2.45, 2.75) is 20.8 Å². The van der Waals surface area contributed by atoms with Gasteiger partial charge in [-0.3, -0.25) is 5.43 Å². The second kappa shape index (κ2) is 9.54. The highest BCUT2D eigenvalue weighted by Crippen LogP contribution is 2.29. The number of nitrogens with one attached hydrogen (secondary N) is 1. The molecular formula is C21H20ClN3O3S. The number of anilines is 1. The third-order valence-corrected chi connectivity index (χ3v) is 5.18. The van der Waals surface area contributed by atoms with E-state index in [9.17, 15) is 4.79 Å². The Hall–Kier alpha value is -2.90. The van der Waals surface area contributed by atoms with E-state index in [1.807, 2.05) is 20.8 Å². The van der Waals surface area contributed by atoms with Crippen molar-refractivity contribution >= 4 is 40.3 Å². The minimum atomic E-state index is -0.486. The normalized spacial score (nSPS) is 10.9. The Labute approximate surface area is 178 Å². The average molecular weight is 430 g/mol. The monoisotopic (exact) mass is 429 g/mol. The Bertz CT molecular complexity index is 1010. The number of esters is 1. The fraction of sp³-hybridized carbons (Fsp3) is 0.190. The summed E-state index contributed by atoms with van der Waals surface area (Å²) >= 11 is 7.40. The quantitative estimate of drug-likeness (QED) is 0.233. The molecule has 0 bridgehead atoms. The molecule has 0 amide bonds. The summed E-state index contributed by atoms with van der Waals surface area (Å²) in [4.78, 5) is 17.9. The fourth-order valence-corrected chi connectivity index (χ4v) is 3.28. The molecular weight excluding hydrogens is 410 g/mol. The van der Waals surface area contributed by atoms with Gasteiger partial charge in [0.2, 0.25) is 5.13 Å². The predicted molar refractivity (Wildman–Crippen MR) is 117 cm³/mol. The number of aromatic nitrogens is 1. The van der Waals surface area contributed by atoms with E-state index in [0.717, 1.165) is 21.3 Å². The molecule has 0 saturated carbocycles. The molecule has 0 fully saturated rings. The van der Waals surface area contributed by atoms with E-state index < -0.39 is 5.97 Å². The molecule has 3 rings (SSSR count). The van der Waals surface area contributed by atoms with Gasteiger partial charge < -0.3 is 9.47 Å². The van der Waals surface area contributed by atoms with Crippen LogP contribution in [-0.4, -0.2) is 23.8 Å². The highest BCUT2D eigenvalue weighted by Gasteiger charge is 2.13. The van der Waals surface area contributed by atoms with Crippen molar-refractivity contribution in [3.05, 3.63) is 69.2 Å². The largest absolute Gasteiger partial charge is 0.490 e. The van der Waals surface area contributed by atoms with Crippen molar-refractivity contribution in [1.82, 2.24) is 4.98 Å². The zero-order valence-corrected chi connectivity index (χ0v) is 17.8. The summed E-state index contributed by atoms with van der Waals surface area (Å²) in [7, 11) is 0. The second-order valence-electron chi connectivity index (χ2n) is 6.07. The third kappa shape index (κ3) is 5.56. The van der Waals surface area contributed by atoms with Crippen LogP contribution in [0.25, 0.3) is 0 Å². The summed E-state index contributed by atoms with van der Waals surface area (Å²) in [6.45, 7) is 6.27.